The molecule has 1 aliphatic rings. The highest BCUT2D eigenvalue weighted by Crippen LogP contribution is 2.25. The first kappa shape index (κ1) is 30.6. The van der Waals surface area contributed by atoms with Crippen LogP contribution in [0.15, 0.2) is 60.7 Å². The number of nitrogens with one attached hydrogen (secondary N) is 2. The van der Waals surface area contributed by atoms with Crippen molar-refractivity contribution in [2.75, 3.05) is 31.5 Å². The summed E-state index contributed by atoms with van der Waals surface area (Å²) in [6.07, 6.45) is 4.36. The number of likely N-dealkylation sites (tertiary alicyclic amines) is 1. The van der Waals surface area contributed by atoms with Gasteiger partial charge in [0.1, 0.15) is 11.6 Å². The van der Waals surface area contributed by atoms with E-state index >= 15 is 0 Å². The molecule has 3 aromatic rings. The summed E-state index contributed by atoms with van der Waals surface area (Å²) < 4.78 is 13.7. The largest absolute Gasteiger partial charge is 0.369 e. The number of halogens is 1. The van der Waals surface area contributed by atoms with Crippen LogP contribution in [0, 0.1) is 17.1 Å². The SMILES string of the molecule is N#Cc1ccccc1-c1ccc(C(=O)NC[C@H]2CCCCN2C(=O)[C@@H](N)CCCN)c(NCCc2cccc(F)c2)n1. The third kappa shape index (κ3) is 7.90. The number of carbonyl (C=O) groups excluding carboxylic acids is 2. The molecule has 0 radical (unpaired) electrons. The predicted molar refractivity (Wildman–Crippen MR) is 161 cm³/mol. The maximum atomic E-state index is 13.7. The third-order valence-corrected chi connectivity index (χ3v) is 7.50. The van der Waals surface area contributed by atoms with Crippen LogP contribution >= 0.6 is 0 Å². The summed E-state index contributed by atoms with van der Waals surface area (Å²) in [4.78, 5) is 33.0. The van der Waals surface area contributed by atoms with E-state index in [9.17, 15) is 19.2 Å². The van der Waals surface area contributed by atoms with Crippen molar-refractivity contribution in [3.05, 3.63) is 83.2 Å². The highest BCUT2D eigenvalue weighted by Gasteiger charge is 2.30. The minimum Gasteiger partial charge on any atom is -0.369 e. The fourth-order valence-corrected chi connectivity index (χ4v) is 5.23. The fraction of sp³-hybridized carbons (Fsp3) is 0.375. The van der Waals surface area contributed by atoms with Crippen LogP contribution in [0.4, 0.5) is 10.2 Å². The van der Waals surface area contributed by atoms with Crippen LogP contribution in [0.3, 0.4) is 0 Å². The number of amides is 2. The van der Waals surface area contributed by atoms with Gasteiger partial charge in [0.25, 0.3) is 5.91 Å². The van der Waals surface area contributed by atoms with Crippen LogP contribution in [-0.4, -0.2) is 60.0 Å². The number of carbonyl (C=O) groups is 2. The van der Waals surface area contributed by atoms with Crippen LogP contribution in [0.2, 0.25) is 0 Å². The molecule has 2 aromatic carbocycles. The standard InChI is InChI=1S/C32H38FN7O2/c33-24-9-5-7-22(19-24)15-17-37-30-27(13-14-29(39-30)26-11-2-1-8-23(26)20-35)31(41)38-21-25-10-3-4-18-40(25)32(42)28(36)12-6-16-34/h1-2,5,7-9,11,13-14,19,25,28H,3-4,6,10,12,15-18,21,34,36H2,(H,37,39)(H,38,41)/t25-,28+/m1/s1. The summed E-state index contributed by atoms with van der Waals surface area (Å²) in [5.74, 6) is -0.392. The first-order valence-electron chi connectivity index (χ1n) is 14.4. The molecule has 42 heavy (non-hydrogen) atoms. The summed E-state index contributed by atoms with van der Waals surface area (Å²) in [6, 6.07) is 18.3. The number of nitrogens with zero attached hydrogens (tertiary/aromatic N) is 3. The lowest BCUT2D eigenvalue weighted by atomic mass is 9.99. The molecule has 0 unspecified atom stereocenters. The zero-order valence-electron chi connectivity index (χ0n) is 23.7. The minimum atomic E-state index is -0.605. The molecule has 220 valence electrons. The van der Waals surface area contributed by atoms with Gasteiger partial charge in [-0.05, 0) is 81.0 Å². The van der Waals surface area contributed by atoms with Crippen LogP contribution in [0.25, 0.3) is 11.3 Å². The Kier molecular flexibility index (Phi) is 11.0. The van der Waals surface area contributed by atoms with Crippen LogP contribution in [0.1, 0.15) is 53.6 Å². The number of anilines is 1. The monoisotopic (exact) mass is 571 g/mol. The van der Waals surface area contributed by atoms with Gasteiger partial charge in [0.15, 0.2) is 0 Å². The van der Waals surface area contributed by atoms with E-state index in [1.54, 1.807) is 35.2 Å². The Balaban J connectivity index is 1.51. The summed E-state index contributed by atoms with van der Waals surface area (Å²) in [7, 11) is 0. The van der Waals surface area contributed by atoms with Gasteiger partial charge < -0.3 is 27.0 Å². The molecule has 1 aliphatic heterocycles. The molecule has 6 N–H and O–H groups in total. The summed E-state index contributed by atoms with van der Waals surface area (Å²) in [6.45, 7) is 1.78. The Morgan fingerprint density at radius 1 is 1.14 bits per heavy atom. The number of hydrogen-bond donors (Lipinski definition) is 4. The van der Waals surface area contributed by atoms with Gasteiger partial charge in [0.05, 0.1) is 28.9 Å². The smallest absolute Gasteiger partial charge is 0.255 e. The summed E-state index contributed by atoms with van der Waals surface area (Å²) >= 11 is 0. The van der Waals surface area contributed by atoms with Crippen molar-refractivity contribution in [3.8, 4) is 17.3 Å². The summed E-state index contributed by atoms with van der Waals surface area (Å²) in [5, 5.41) is 15.8. The second-order valence-electron chi connectivity index (χ2n) is 10.5. The Labute approximate surface area is 246 Å². The van der Waals surface area contributed by atoms with Crippen LogP contribution in [0.5, 0.6) is 0 Å². The number of nitriles is 1. The van der Waals surface area contributed by atoms with Crippen molar-refractivity contribution in [2.24, 2.45) is 11.5 Å². The van der Waals surface area contributed by atoms with Crippen molar-refractivity contribution >= 4 is 17.6 Å². The van der Waals surface area contributed by atoms with Gasteiger partial charge in [-0.1, -0.05) is 30.3 Å². The van der Waals surface area contributed by atoms with Gasteiger partial charge in [0.2, 0.25) is 5.91 Å². The van der Waals surface area contributed by atoms with Gasteiger partial charge in [-0.3, -0.25) is 9.59 Å². The van der Waals surface area contributed by atoms with Crippen molar-refractivity contribution in [1.29, 1.82) is 5.26 Å². The lowest BCUT2D eigenvalue weighted by Gasteiger charge is -2.37. The van der Waals surface area contributed by atoms with Crippen molar-refractivity contribution < 1.29 is 14.0 Å². The number of benzene rings is 2. The van der Waals surface area contributed by atoms with E-state index in [0.717, 1.165) is 24.8 Å². The lowest BCUT2D eigenvalue weighted by molar-refractivity contribution is -0.136. The molecule has 2 atom stereocenters. The maximum Gasteiger partial charge on any atom is 0.255 e. The highest BCUT2D eigenvalue weighted by molar-refractivity contribution is 5.99. The fourth-order valence-electron chi connectivity index (χ4n) is 5.23. The second kappa shape index (κ2) is 15.1. The van der Waals surface area contributed by atoms with E-state index in [1.807, 2.05) is 18.2 Å². The number of rotatable bonds is 12. The van der Waals surface area contributed by atoms with E-state index in [4.69, 9.17) is 16.5 Å². The molecule has 1 saturated heterocycles. The average molecular weight is 572 g/mol. The maximum absolute atomic E-state index is 13.7. The van der Waals surface area contributed by atoms with Crippen molar-refractivity contribution in [2.45, 2.75) is 50.6 Å². The van der Waals surface area contributed by atoms with E-state index < -0.39 is 6.04 Å². The van der Waals surface area contributed by atoms with Crippen molar-refractivity contribution in [1.82, 2.24) is 15.2 Å². The quantitative estimate of drug-likeness (QED) is 0.259. The predicted octanol–water partition coefficient (Wildman–Crippen LogP) is 3.59. The van der Waals surface area contributed by atoms with Gasteiger partial charge in [0, 0.05) is 31.2 Å². The molecule has 2 heterocycles. The van der Waals surface area contributed by atoms with Crippen molar-refractivity contribution in [3.63, 3.8) is 0 Å². The molecule has 0 bridgehead atoms. The van der Waals surface area contributed by atoms with Gasteiger partial charge in [-0.2, -0.15) is 5.26 Å². The van der Waals surface area contributed by atoms with E-state index in [-0.39, 0.29) is 30.2 Å². The number of piperidine rings is 1. The zero-order chi connectivity index (χ0) is 29.9. The first-order chi connectivity index (χ1) is 20.4. The normalized spacial score (nSPS) is 15.5. The van der Waals surface area contributed by atoms with Crippen LogP contribution in [-0.2, 0) is 11.2 Å². The van der Waals surface area contributed by atoms with Gasteiger partial charge in [-0.25, -0.2) is 9.37 Å². The van der Waals surface area contributed by atoms with Gasteiger partial charge in [-0.15, -0.1) is 0 Å². The molecule has 9 nitrogen and oxygen atoms in total. The first-order valence-corrected chi connectivity index (χ1v) is 14.4. The minimum absolute atomic E-state index is 0.107. The number of aromatic nitrogens is 1. The van der Waals surface area contributed by atoms with Crippen LogP contribution < -0.4 is 22.1 Å². The highest BCUT2D eigenvalue weighted by atomic mass is 19.1. The topological polar surface area (TPSA) is 150 Å². The Bertz CT molecular complexity index is 1420. The molecule has 0 spiro atoms. The van der Waals surface area contributed by atoms with E-state index in [0.29, 0.717) is 67.1 Å². The number of nitrogens with two attached hydrogens (primary N) is 2. The Hall–Kier alpha value is -4.33. The molecular weight excluding hydrogens is 533 g/mol. The molecular formula is C32H38FN7O2. The lowest BCUT2D eigenvalue weighted by Crippen LogP contribution is -2.54. The molecule has 0 aliphatic carbocycles. The second-order valence-corrected chi connectivity index (χ2v) is 10.5. The molecule has 1 aromatic heterocycles. The van der Waals surface area contributed by atoms with E-state index in [1.165, 1.54) is 12.1 Å². The third-order valence-electron chi connectivity index (χ3n) is 7.50. The zero-order valence-corrected chi connectivity index (χ0v) is 23.7. The average Bonchev–Trinajstić information content (AvgIpc) is 3.02. The molecule has 10 heteroatoms. The Morgan fingerprint density at radius 3 is 2.76 bits per heavy atom. The number of pyridine rings is 1. The summed E-state index contributed by atoms with van der Waals surface area (Å²) in [5.41, 5.74) is 14.6. The number of hydrogen-bond acceptors (Lipinski definition) is 7. The molecule has 0 saturated carbocycles. The molecule has 2 amide bonds. The molecule has 1 fully saturated rings. The Morgan fingerprint density at radius 2 is 1.98 bits per heavy atom. The van der Waals surface area contributed by atoms with E-state index in [2.05, 4.69) is 16.7 Å². The molecule has 4 rings (SSSR count). The van der Waals surface area contributed by atoms with Gasteiger partial charge >= 0.3 is 0 Å².